The Labute approximate surface area is 132 Å². The second kappa shape index (κ2) is 6.50. The fraction of sp³-hybridized carbons (Fsp3) is 0.400. The van der Waals surface area contributed by atoms with Crippen molar-refractivity contribution < 1.29 is 14.1 Å². The van der Waals surface area contributed by atoms with E-state index in [4.69, 9.17) is 9.26 Å². The molecule has 0 spiro atoms. The summed E-state index contributed by atoms with van der Waals surface area (Å²) in [6.07, 6.45) is 2.94. The third-order valence-corrected chi connectivity index (χ3v) is 4.42. The van der Waals surface area contributed by atoms with Crippen molar-refractivity contribution in [3.8, 4) is 0 Å². The van der Waals surface area contributed by atoms with Gasteiger partial charge in [0.05, 0.1) is 13.2 Å². The van der Waals surface area contributed by atoms with Crippen LogP contribution in [0.2, 0.25) is 0 Å². The van der Waals surface area contributed by atoms with E-state index < -0.39 is 0 Å². The normalized spacial score (nSPS) is 18.5. The van der Waals surface area contributed by atoms with Crippen molar-refractivity contribution in [2.24, 2.45) is 0 Å². The first kappa shape index (κ1) is 15.1. The third kappa shape index (κ3) is 3.00. The Morgan fingerprint density at radius 3 is 3.05 bits per heavy atom. The summed E-state index contributed by atoms with van der Waals surface area (Å²) in [7, 11) is 0. The topological polar surface area (TPSA) is 68.5 Å². The molecular formula is C15H17N3O3S. The number of aryl methyl sites for hydroxylation is 1. The van der Waals surface area contributed by atoms with Crippen molar-refractivity contribution in [3.05, 3.63) is 41.5 Å². The number of benzene rings is 1. The van der Waals surface area contributed by atoms with Gasteiger partial charge in [0, 0.05) is 17.0 Å². The molecule has 1 atom stereocenters. The van der Waals surface area contributed by atoms with E-state index in [2.05, 4.69) is 10.1 Å². The van der Waals surface area contributed by atoms with E-state index in [1.807, 2.05) is 31.4 Å². The van der Waals surface area contributed by atoms with Gasteiger partial charge >= 0.3 is 0 Å². The van der Waals surface area contributed by atoms with Crippen molar-refractivity contribution >= 4 is 17.7 Å². The number of rotatable bonds is 3. The van der Waals surface area contributed by atoms with Crippen molar-refractivity contribution in [1.82, 2.24) is 15.0 Å². The lowest BCUT2D eigenvalue weighted by atomic mass is 10.1. The molecule has 7 heteroatoms. The Morgan fingerprint density at radius 2 is 2.32 bits per heavy atom. The van der Waals surface area contributed by atoms with Crippen LogP contribution in [0.3, 0.4) is 0 Å². The summed E-state index contributed by atoms with van der Waals surface area (Å²) in [4.78, 5) is 19.7. The molecule has 0 N–H and O–H groups in total. The fourth-order valence-electron chi connectivity index (χ4n) is 2.44. The van der Waals surface area contributed by atoms with Crippen LogP contribution >= 0.6 is 11.8 Å². The molecular weight excluding hydrogens is 302 g/mol. The average Bonchev–Trinajstić information content (AvgIpc) is 3.09. The van der Waals surface area contributed by atoms with Crippen LogP contribution in [0.5, 0.6) is 0 Å². The molecule has 1 amide bonds. The number of ether oxygens (including phenoxy) is 1. The van der Waals surface area contributed by atoms with Gasteiger partial charge in [0.2, 0.25) is 12.2 Å². The lowest BCUT2D eigenvalue weighted by Crippen LogP contribution is -2.42. The number of carbonyl (C=O) groups is 1. The van der Waals surface area contributed by atoms with Gasteiger partial charge in [0.1, 0.15) is 6.10 Å². The van der Waals surface area contributed by atoms with Gasteiger partial charge in [0.25, 0.3) is 5.91 Å². The highest BCUT2D eigenvalue weighted by Gasteiger charge is 2.29. The first-order valence-corrected chi connectivity index (χ1v) is 8.23. The average molecular weight is 319 g/mol. The highest BCUT2D eigenvalue weighted by atomic mass is 32.2. The van der Waals surface area contributed by atoms with E-state index in [0.717, 1.165) is 16.0 Å². The molecule has 1 aliphatic rings. The smallest absolute Gasteiger partial charge is 0.254 e. The molecule has 0 radical (unpaired) electrons. The van der Waals surface area contributed by atoms with Crippen LogP contribution in [0.15, 0.2) is 34.0 Å². The van der Waals surface area contributed by atoms with E-state index in [1.54, 1.807) is 16.7 Å². The van der Waals surface area contributed by atoms with Crippen LogP contribution in [0.25, 0.3) is 0 Å². The number of aromatic nitrogens is 2. The molecule has 3 rings (SSSR count). The number of nitrogens with zero attached hydrogens (tertiary/aromatic N) is 3. The Kier molecular flexibility index (Phi) is 4.44. The van der Waals surface area contributed by atoms with Crippen molar-refractivity contribution in [1.29, 1.82) is 0 Å². The van der Waals surface area contributed by atoms with Crippen molar-refractivity contribution in [2.45, 2.75) is 17.9 Å². The predicted molar refractivity (Wildman–Crippen MR) is 81.9 cm³/mol. The van der Waals surface area contributed by atoms with Gasteiger partial charge in [-0.1, -0.05) is 11.2 Å². The van der Waals surface area contributed by atoms with Gasteiger partial charge in [-0.15, -0.1) is 11.8 Å². The third-order valence-electron chi connectivity index (χ3n) is 3.70. The maximum absolute atomic E-state index is 12.8. The molecule has 1 fully saturated rings. The Bertz CT molecular complexity index is 660. The second-order valence-electron chi connectivity index (χ2n) is 5.08. The Hall–Kier alpha value is -1.86. The van der Waals surface area contributed by atoms with Crippen LogP contribution in [-0.2, 0) is 4.74 Å². The molecule has 1 aromatic heterocycles. The molecule has 2 heterocycles. The minimum atomic E-state index is -0.333. The second-order valence-corrected chi connectivity index (χ2v) is 5.96. The lowest BCUT2D eigenvalue weighted by molar-refractivity contribution is -0.0276. The summed E-state index contributed by atoms with van der Waals surface area (Å²) in [5, 5.41) is 3.80. The van der Waals surface area contributed by atoms with E-state index in [-0.39, 0.29) is 12.0 Å². The first-order chi connectivity index (χ1) is 10.7. The van der Waals surface area contributed by atoms with Crippen LogP contribution < -0.4 is 0 Å². The molecule has 6 nitrogen and oxygen atoms in total. The fourth-order valence-corrected chi connectivity index (χ4v) is 2.88. The highest BCUT2D eigenvalue weighted by Crippen LogP contribution is 2.24. The molecule has 0 aliphatic carbocycles. The summed E-state index contributed by atoms with van der Waals surface area (Å²) < 4.78 is 10.4. The SMILES string of the molecule is CSc1ccc(C)c(C(=O)N2CCO[C@H](c3ncon3)C2)c1. The van der Waals surface area contributed by atoms with Crippen LogP contribution in [0.4, 0.5) is 0 Å². The summed E-state index contributed by atoms with van der Waals surface area (Å²) in [5.74, 6) is 0.497. The standard InChI is InChI=1S/C15H17N3O3S/c1-10-3-4-11(22-2)7-12(10)15(19)18-5-6-20-13(8-18)14-16-9-21-17-14/h3-4,7,9,13H,5-6,8H2,1-2H3/t13-/m0/s1. The molecule has 0 saturated carbocycles. The molecule has 1 saturated heterocycles. The lowest BCUT2D eigenvalue weighted by Gasteiger charge is -2.31. The summed E-state index contributed by atoms with van der Waals surface area (Å²) >= 11 is 1.63. The maximum atomic E-state index is 12.8. The van der Waals surface area contributed by atoms with Gasteiger partial charge in [0.15, 0.2) is 0 Å². The van der Waals surface area contributed by atoms with Gasteiger partial charge in [-0.3, -0.25) is 4.79 Å². The molecule has 1 aromatic carbocycles. The first-order valence-electron chi connectivity index (χ1n) is 7.01. The number of carbonyl (C=O) groups excluding carboxylic acids is 1. The monoisotopic (exact) mass is 319 g/mol. The maximum Gasteiger partial charge on any atom is 0.254 e. The van der Waals surface area contributed by atoms with E-state index in [1.165, 1.54) is 6.39 Å². The van der Waals surface area contributed by atoms with Gasteiger partial charge in [-0.2, -0.15) is 4.98 Å². The van der Waals surface area contributed by atoms with Crippen LogP contribution in [-0.4, -0.2) is 46.9 Å². The number of thioether (sulfide) groups is 1. The zero-order valence-corrected chi connectivity index (χ0v) is 13.3. The highest BCUT2D eigenvalue weighted by molar-refractivity contribution is 7.98. The van der Waals surface area contributed by atoms with Crippen LogP contribution in [0, 0.1) is 6.92 Å². The number of hydrogen-bond donors (Lipinski definition) is 0. The predicted octanol–water partition coefficient (Wildman–Crippen LogP) is 2.31. The van der Waals surface area contributed by atoms with Gasteiger partial charge < -0.3 is 14.2 Å². The molecule has 22 heavy (non-hydrogen) atoms. The number of hydrogen-bond acceptors (Lipinski definition) is 6. The van der Waals surface area contributed by atoms with E-state index >= 15 is 0 Å². The summed E-state index contributed by atoms with van der Waals surface area (Å²) in [6.45, 7) is 3.41. The summed E-state index contributed by atoms with van der Waals surface area (Å²) in [5.41, 5.74) is 1.71. The molecule has 116 valence electrons. The summed E-state index contributed by atoms with van der Waals surface area (Å²) in [6, 6.07) is 5.95. The largest absolute Gasteiger partial charge is 0.366 e. The Balaban J connectivity index is 1.80. The van der Waals surface area contributed by atoms with Gasteiger partial charge in [-0.05, 0) is 30.9 Å². The Morgan fingerprint density at radius 1 is 1.45 bits per heavy atom. The zero-order valence-electron chi connectivity index (χ0n) is 12.5. The zero-order chi connectivity index (χ0) is 15.5. The van der Waals surface area contributed by atoms with E-state index in [9.17, 15) is 4.79 Å². The molecule has 2 aromatic rings. The van der Waals surface area contributed by atoms with E-state index in [0.29, 0.717) is 25.5 Å². The quantitative estimate of drug-likeness (QED) is 0.809. The van der Waals surface area contributed by atoms with Crippen molar-refractivity contribution in [2.75, 3.05) is 26.0 Å². The number of morpholine rings is 1. The van der Waals surface area contributed by atoms with Gasteiger partial charge in [-0.25, -0.2) is 0 Å². The molecule has 0 bridgehead atoms. The minimum Gasteiger partial charge on any atom is -0.366 e. The molecule has 1 aliphatic heterocycles. The molecule has 0 unspecified atom stereocenters. The minimum absolute atomic E-state index is 0.0187. The van der Waals surface area contributed by atoms with Crippen LogP contribution in [0.1, 0.15) is 27.8 Å². The number of amides is 1. The van der Waals surface area contributed by atoms with Crippen molar-refractivity contribution in [3.63, 3.8) is 0 Å².